The number of fused-ring (bicyclic) bond motifs is 1. The fourth-order valence-electron chi connectivity index (χ4n) is 11.6. The number of aliphatic hydroxyl groups is 4. The van der Waals surface area contributed by atoms with Crippen LogP contribution in [0.3, 0.4) is 0 Å². The smallest absolute Gasteiger partial charge is 0.341 e. The lowest BCUT2D eigenvalue weighted by atomic mass is 9.77. The Balaban J connectivity index is 1.34. The van der Waals surface area contributed by atoms with Crippen LogP contribution < -0.4 is 10.7 Å². The van der Waals surface area contributed by atoms with Crippen LogP contribution in [0.2, 0.25) is 0 Å². The molecule has 5 rings (SSSR count). The maximum absolute atomic E-state index is 14.6. The van der Waals surface area contributed by atoms with Gasteiger partial charge in [-0.1, -0.05) is 20.8 Å². The summed E-state index contributed by atoms with van der Waals surface area (Å²) in [4.78, 5) is 57.2. The molecule has 21 heteroatoms. The number of thioether (sulfide) groups is 1. The number of aromatic nitrogens is 1. The van der Waals surface area contributed by atoms with E-state index >= 15 is 0 Å². The van der Waals surface area contributed by atoms with E-state index in [-0.39, 0.29) is 49.3 Å². The van der Waals surface area contributed by atoms with Crippen molar-refractivity contribution in [3.8, 4) is 0 Å². The molecule has 0 bridgehead atoms. The quantitative estimate of drug-likeness (QED) is 0.0735. The third-order valence-electron chi connectivity index (χ3n) is 16.1. The van der Waals surface area contributed by atoms with E-state index in [1.54, 1.807) is 76.9 Å². The number of rotatable bonds is 17. The van der Waals surface area contributed by atoms with Gasteiger partial charge in [-0.15, -0.1) is 11.8 Å². The second kappa shape index (κ2) is 26.8. The number of cyclic esters (lactones) is 1. The number of carboxylic acids is 1. The molecule has 1 aromatic heterocycles. The molecule has 4 heterocycles. The van der Waals surface area contributed by atoms with Crippen LogP contribution in [0.15, 0.2) is 34.1 Å². The normalized spacial score (nSPS) is 37.6. The largest absolute Gasteiger partial charge is 0.477 e. The minimum atomic E-state index is -1.86. The first-order valence-electron chi connectivity index (χ1n) is 27.0. The number of carbonyl (C=O) groups is 3. The molecule has 20 nitrogen and oxygen atoms in total. The lowest BCUT2D eigenvalue weighted by Gasteiger charge is -2.49. The minimum absolute atomic E-state index is 0.0444. The monoisotopic (exact) mass is 1090 g/mol. The van der Waals surface area contributed by atoms with Crippen LogP contribution in [0.25, 0.3) is 10.9 Å². The van der Waals surface area contributed by atoms with Gasteiger partial charge in [-0.05, 0) is 120 Å². The van der Waals surface area contributed by atoms with Crippen LogP contribution in [0.1, 0.15) is 119 Å². The number of pyridine rings is 1. The Morgan fingerprint density at radius 3 is 2.26 bits per heavy atom. The van der Waals surface area contributed by atoms with Gasteiger partial charge < -0.3 is 78.4 Å². The van der Waals surface area contributed by atoms with Crippen LogP contribution in [-0.2, 0) is 49.3 Å². The fourth-order valence-corrected chi connectivity index (χ4v) is 12.4. The van der Waals surface area contributed by atoms with Gasteiger partial charge in [0, 0.05) is 79.9 Å². The number of carboxylic acid groups (broad SMARTS) is 1. The van der Waals surface area contributed by atoms with E-state index in [4.69, 9.17) is 33.2 Å². The lowest BCUT2D eigenvalue weighted by Crippen LogP contribution is -2.61. The van der Waals surface area contributed by atoms with E-state index in [0.717, 1.165) is 4.90 Å². The van der Waals surface area contributed by atoms with Crippen LogP contribution in [-0.4, -0.2) is 202 Å². The number of aromatic carboxylic acids is 1. The summed E-state index contributed by atoms with van der Waals surface area (Å²) in [5.74, 6) is -3.96. The molecule has 0 spiro atoms. The molecule has 6 N–H and O–H groups in total. The molecule has 432 valence electrons. The van der Waals surface area contributed by atoms with Gasteiger partial charge in [0.15, 0.2) is 18.7 Å². The van der Waals surface area contributed by atoms with E-state index in [1.165, 1.54) is 20.2 Å². The summed E-state index contributed by atoms with van der Waals surface area (Å²) in [6, 6.07) is 4.42. The maximum Gasteiger partial charge on any atom is 0.341 e. The average molecular weight is 1100 g/mol. The molecule has 2 unspecified atom stereocenters. The van der Waals surface area contributed by atoms with E-state index in [2.05, 4.69) is 5.32 Å². The number of nitrogens with zero attached hydrogens (tertiary/aromatic N) is 3. The number of nitrogens with one attached hydrogen (secondary N) is 1. The topological polar surface area (TPSA) is 257 Å². The number of aliphatic hydroxyl groups excluding tert-OH is 2. The summed E-state index contributed by atoms with van der Waals surface area (Å²) < 4.78 is 46.6. The molecule has 0 amide bonds. The Labute approximate surface area is 453 Å². The van der Waals surface area contributed by atoms with Gasteiger partial charge in [-0.25, -0.2) is 4.79 Å². The van der Waals surface area contributed by atoms with E-state index < -0.39 is 113 Å². The minimum Gasteiger partial charge on any atom is -0.477 e. The third-order valence-corrected chi connectivity index (χ3v) is 17.1. The van der Waals surface area contributed by atoms with Crippen LogP contribution in [0.4, 0.5) is 0 Å². The molecule has 3 saturated heterocycles. The highest BCUT2D eigenvalue weighted by Gasteiger charge is 2.54. The van der Waals surface area contributed by atoms with Gasteiger partial charge in [0.2, 0.25) is 5.43 Å². The summed E-state index contributed by atoms with van der Waals surface area (Å²) >= 11 is 1.55. The van der Waals surface area contributed by atoms with E-state index in [9.17, 15) is 44.7 Å². The molecule has 18 atom stereocenters. The summed E-state index contributed by atoms with van der Waals surface area (Å²) in [5, 5.41) is 61.2. The van der Waals surface area contributed by atoms with Gasteiger partial charge >= 0.3 is 17.9 Å². The zero-order chi connectivity index (χ0) is 56.8. The number of esters is 2. The molecule has 3 aliphatic heterocycles. The van der Waals surface area contributed by atoms with Crippen molar-refractivity contribution < 1.29 is 73.1 Å². The molecule has 3 aliphatic rings. The predicted molar refractivity (Wildman–Crippen MR) is 287 cm³/mol. The first-order chi connectivity index (χ1) is 35.5. The van der Waals surface area contributed by atoms with Crippen molar-refractivity contribution in [1.29, 1.82) is 0 Å². The summed E-state index contributed by atoms with van der Waals surface area (Å²) in [7, 11) is 7.08. The second-order valence-corrected chi connectivity index (χ2v) is 23.8. The number of likely N-dealkylation sites (N-methyl/N-ethyl adjacent to an activating group) is 2. The Bertz CT molecular complexity index is 2320. The number of hydrogen-bond donors (Lipinski definition) is 6. The van der Waals surface area contributed by atoms with Crippen LogP contribution >= 0.6 is 11.8 Å². The molecular formula is C55H90N4O16S. The predicted octanol–water partition coefficient (Wildman–Crippen LogP) is 4.26. The number of benzene rings is 1. The van der Waals surface area contributed by atoms with Crippen molar-refractivity contribution in [1.82, 2.24) is 19.7 Å². The number of methoxy groups -OCH3 is 1. The van der Waals surface area contributed by atoms with E-state index in [0.29, 0.717) is 49.3 Å². The Morgan fingerprint density at radius 1 is 0.961 bits per heavy atom. The third kappa shape index (κ3) is 14.9. The first kappa shape index (κ1) is 63.5. The number of hydrogen-bond acceptors (Lipinski definition) is 19. The van der Waals surface area contributed by atoms with Crippen molar-refractivity contribution in [2.75, 3.05) is 53.6 Å². The molecule has 0 radical (unpaired) electrons. The van der Waals surface area contributed by atoms with Gasteiger partial charge in [0.05, 0.1) is 47.9 Å². The second-order valence-electron chi connectivity index (χ2n) is 22.6. The number of ether oxygens (including phenoxy) is 7. The fraction of sp³-hybridized carbons (Fsp3) is 0.782. The zero-order valence-electron chi connectivity index (χ0n) is 47.5. The Morgan fingerprint density at radius 2 is 1.64 bits per heavy atom. The van der Waals surface area contributed by atoms with Gasteiger partial charge in [-0.2, -0.15) is 0 Å². The molecule has 2 aromatic rings. The highest BCUT2D eigenvalue weighted by molar-refractivity contribution is 7.99. The molecule has 0 aliphatic carbocycles. The standard InChI is InChI=1S/C55H90N4O16S/c1-16-41-55(11,68)47(63)34(7)58(14)28-30(3)26-53(9,67)48(75-52-45(62)40(57(12)13)24-31(4)70-52)32(5)46(33(6)51(66)72-41)74-43-27-54(10,69-15)49(35(8)71-43)73-42(60)20-21-56-22-23-76-36-18-19-37-39(25-36)59(17-2)29-38(44(37)61)50(64)65/h18-19,25,29-35,40-41,43,45-49,52,56,62-63,67-68H,16-17,20-24,26-28H2,1-15H3,(H,64,65)/t30-,31-,32+,33-,34-,35+,40+,41-,43+,45-,46+,47-,48?,49?,52+,53-,54-,55-/m1/s1. The van der Waals surface area contributed by atoms with Gasteiger partial charge in [0.25, 0.3) is 0 Å². The van der Waals surface area contributed by atoms with Crippen LogP contribution in [0.5, 0.6) is 0 Å². The SMILES string of the molecule is CC[C@H]1OC(=O)[C@H](C)[C@@H](O[C@H]2C[C@@](C)(OC)C(OC(=O)CCNCCSc3ccc4c(=O)c(C(=O)O)cn(CC)c4c3)[C@H](C)O2)[C@H](C)C(O[C@@H]2O[C@H](C)C[C@H](N(C)C)[C@H]2O)[C@](C)(O)C[C@@H](C)CN(C)[C@H](C)[C@@H](O)[C@]1(C)O. The summed E-state index contributed by atoms with van der Waals surface area (Å²) in [6.45, 7) is 21.2. The van der Waals surface area contributed by atoms with Crippen LogP contribution in [0, 0.1) is 17.8 Å². The molecule has 76 heavy (non-hydrogen) atoms. The maximum atomic E-state index is 14.6. The number of carbonyl (C=O) groups excluding carboxylic acids is 2. The summed E-state index contributed by atoms with van der Waals surface area (Å²) in [6.07, 6.45) is -7.61. The Kier molecular flexibility index (Phi) is 22.4. The highest BCUT2D eigenvalue weighted by Crippen LogP contribution is 2.41. The molecule has 0 saturated carbocycles. The van der Waals surface area contributed by atoms with Crippen molar-refractivity contribution in [3.05, 3.63) is 40.2 Å². The van der Waals surface area contributed by atoms with Gasteiger partial charge in [0.1, 0.15) is 35.1 Å². The molecular weight excluding hydrogens is 1000 g/mol. The average Bonchev–Trinajstić information content (AvgIpc) is 3.35. The van der Waals surface area contributed by atoms with Crippen molar-refractivity contribution in [2.45, 2.75) is 210 Å². The van der Waals surface area contributed by atoms with Crippen molar-refractivity contribution in [2.24, 2.45) is 17.8 Å². The van der Waals surface area contributed by atoms with E-state index in [1.807, 2.05) is 57.8 Å². The van der Waals surface area contributed by atoms with Gasteiger partial charge in [-0.3, -0.25) is 14.4 Å². The Hall–Kier alpha value is -3.29. The molecule has 1 aromatic carbocycles. The van der Waals surface area contributed by atoms with Crippen molar-refractivity contribution >= 4 is 40.6 Å². The number of aryl methyl sites for hydroxylation is 1. The van der Waals surface area contributed by atoms with Crippen molar-refractivity contribution in [3.63, 3.8) is 0 Å². The molecule has 3 fully saturated rings. The highest BCUT2D eigenvalue weighted by atomic mass is 32.2. The summed E-state index contributed by atoms with van der Waals surface area (Å²) in [5.41, 5.74) is -4.78. The zero-order valence-corrected chi connectivity index (χ0v) is 48.3. The first-order valence-corrected chi connectivity index (χ1v) is 28.0. The lowest BCUT2D eigenvalue weighted by molar-refractivity contribution is -0.318.